The zero-order valence-electron chi connectivity index (χ0n) is 44.6. The van der Waals surface area contributed by atoms with Crippen molar-refractivity contribution in [2.75, 3.05) is 79.3 Å². The lowest BCUT2D eigenvalue weighted by molar-refractivity contribution is 0.0271. The molecule has 6 aromatic rings. The summed E-state index contributed by atoms with van der Waals surface area (Å²) >= 11 is 0. The third-order valence-corrected chi connectivity index (χ3v) is 14.3. The highest BCUT2D eigenvalue weighted by Gasteiger charge is 2.27. The average molecular weight is 1000 g/mol. The summed E-state index contributed by atoms with van der Waals surface area (Å²) in [6.07, 6.45) is 3.25. The van der Waals surface area contributed by atoms with Gasteiger partial charge in [-0.05, 0) is 146 Å². The summed E-state index contributed by atoms with van der Waals surface area (Å²) in [5.74, 6) is 3.01. The van der Waals surface area contributed by atoms with Gasteiger partial charge in [0.15, 0.2) is 0 Å². The first-order valence-corrected chi connectivity index (χ1v) is 26.5. The number of ether oxygens (including phenoxy) is 8. The molecule has 388 valence electrons. The SMILES string of the molecule is CCC1=C(C)c2nc1cc1[nH]c(c(C)c1CC)c1c3nc(cc4[nH]c(c(C)c4CC)c2-c2ccccc2OCCOCCOCCOc2ccc(cc2)OCCOCCOCCOc2ccccc2-1)C(CC)=C3C. The molecule has 12 heteroatoms. The monoisotopic (exact) mass is 1000 g/mol. The van der Waals surface area contributed by atoms with Gasteiger partial charge in [0.2, 0.25) is 0 Å². The number of aryl methyl sites for hydroxylation is 4. The van der Waals surface area contributed by atoms with Gasteiger partial charge in [0, 0.05) is 33.3 Å². The Kier molecular flexibility index (Phi) is 17.3. The van der Waals surface area contributed by atoms with Crippen LogP contribution in [0, 0.1) is 13.8 Å². The molecule has 0 atom stereocenters. The molecule has 6 aliphatic heterocycles. The zero-order chi connectivity index (χ0) is 51.6. The molecule has 0 saturated heterocycles. The Hall–Kier alpha value is -6.70. The third-order valence-electron chi connectivity index (χ3n) is 14.3. The summed E-state index contributed by atoms with van der Waals surface area (Å²) in [6.45, 7) is 22.8. The van der Waals surface area contributed by atoms with Crippen LogP contribution in [0.1, 0.15) is 99.4 Å². The molecule has 0 amide bonds. The lowest BCUT2D eigenvalue weighted by Gasteiger charge is -2.14. The van der Waals surface area contributed by atoms with Crippen LogP contribution >= 0.6 is 0 Å². The van der Waals surface area contributed by atoms with E-state index in [9.17, 15) is 0 Å². The predicted molar refractivity (Wildman–Crippen MR) is 297 cm³/mol. The normalized spacial score (nSPS) is 15.8. The van der Waals surface area contributed by atoms with Gasteiger partial charge in [-0.3, -0.25) is 0 Å². The first-order chi connectivity index (χ1) is 36.2. The second-order valence-corrected chi connectivity index (χ2v) is 18.7. The lowest BCUT2D eigenvalue weighted by atomic mass is 9.94. The summed E-state index contributed by atoms with van der Waals surface area (Å²) in [4.78, 5) is 19.3. The Morgan fingerprint density at radius 2 is 0.770 bits per heavy atom. The predicted octanol–water partition coefficient (Wildman–Crippen LogP) is 13.4. The van der Waals surface area contributed by atoms with Crippen molar-refractivity contribution in [3.63, 3.8) is 0 Å². The molecule has 0 fully saturated rings. The van der Waals surface area contributed by atoms with E-state index in [-0.39, 0.29) is 0 Å². The molecule has 12 bridgehead atoms. The summed E-state index contributed by atoms with van der Waals surface area (Å²) in [7, 11) is 0. The van der Waals surface area contributed by atoms with Gasteiger partial charge in [0.05, 0.1) is 86.7 Å². The minimum atomic E-state index is 0.359. The van der Waals surface area contributed by atoms with Crippen molar-refractivity contribution in [2.24, 2.45) is 0 Å². The minimum Gasteiger partial charge on any atom is -0.491 e. The molecule has 3 aromatic heterocycles. The molecule has 9 heterocycles. The fourth-order valence-electron chi connectivity index (χ4n) is 10.6. The van der Waals surface area contributed by atoms with Gasteiger partial charge in [-0.1, -0.05) is 64.1 Å². The van der Waals surface area contributed by atoms with Gasteiger partial charge in [-0.2, -0.15) is 0 Å². The van der Waals surface area contributed by atoms with E-state index in [0.717, 1.165) is 127 Å². The summed E-state index contributed by atoms with van der Waals surface area (Å²) in [6, 6.07) is 28.7. The molecule has 74 heavy (non-hydrogen) atoms. The maximum Gasteiger partial charge on any atom is 0.127 e. The van der Waals surface area contributed by atoms with Crippen molar-refractivity contribution in [1.29, 1.82) is 0 Å². The highest BCUT2D eigenvalue weighted by molar-refractivity contribution is 6.04. The number of nitrogens with one attached hydrogen (secondary N) is 2. The van der Waals surface area contributed by atoms with Crippen LogP contribution in [0.4, 0.5) is 0 Å². The minimum absolute atomic E-state index is 0.359. The van der Waals surface area contributed by atoms with E-state index in [1.54, 1.807) is 0 Å². The van der Waals surface area contributed by atoms with Crippen molar-refractivity contribution in [3.05, 3.63) is 130 Å². The Bertz CT molecular complexity index is 2970. The van der Waals surface area contributed by atoms with Crippen LogP contribution < -0.4 is 18.9 Å². The van der Waals surface area contributed by atoms with Crippen molar-refractivity contribution in [3.8, 4) is 45.3 Å². The fourth-order valence-corrected chi connectivity index (χ4v) is 10.6. The van der Waals surface area contributed by atoms with Gasteiger partial charge in [0.1, 0.15) is 49.4 Å². The highest BCUT2D eigenvalue weighted by atomic mass is 16.6. The molecule has 0 unspecified atom stereocenters. The highest BCUT2D eigenvalue weighted by Crippen LogP contribution is 2.46. The Morgan fingerprint density at radius 3 is 1.14 bits per heavy atom. The van der Waals surface area contributed by atoms with Gasteiger partial charge in [-0.25, -0.2) is 9.97 Å². The van der Waals surface area contributed by atoms with Crippen LogP contribution in [0.3, 0.4) is 0 Å². The number of nitrogens with zero attached hydrogens (tertiary/aromatic N) is 2. The van der Waals surface area contributed by atoms with Gasteiger partial charge in [0.25, 0.3) is 0 Å². The third kappa shape index (κ3) is 11.2. The maximum atomic E-state index is 6.65. The number of allylic oxidation sites excluding steroid dienone is 4. The van der Waals surface area contributed by atoms with Gasteiger partial charge >= 0.3 is 0 Å². The molecule has 12 rings (SSSR count). The largest absolute Gasteiger partial charge is 0.491 e. The first kappa shape index (κ1) is 52.2. The Balaban J connectivity index is 1.21. The van der Waals surface area contributed by atoms with Crippen molar-refractivity contribution < 1.29 is 37.9 Å². The molecule has 0 radical (unpaired) electrons. The van der Waals surface area contributed by atoms with E-state index < -0.39 is 0 Å². The average Bonchev–Trinajstić information content (AvgIpc) is 4.11. The van der Waals surface area contributed by atoms with Gasteiger partial charge in [-0.15, -0.1) is 0 Å². The molecule has 0 saturated carbocycles. The van der Waals surface area contributed by atoms with Crippen LogP contribution in [-0.4, -0.2) is 99.2 Å². The zero-order valence-corrected chi connectivity index (χ0v) is 44.6. The van der Waals surface area contributed by atoms with Crippen LogP contribution in [0.25, 0.3) is 66.6 Å². The van der Waals surface area contributed by atoms with E-state index >= 15 is 0 Å². The number of aromatic amines is 2. The molecule has 3 aromatic carbocycles. The van der Waals surface area contributed by atoms with Crippen molar-refractivity contribution >= 4 is 44.4 Å². The summed E-state index contributed by atoms with van der Waals surface area (Å²) in [5.41, 5.74) is 21.2. The van der Waals surface area contributed by atoms with E-state index in [1.807, 2.05) is 48.5 Å². The topological polar surface area (TPSA) is 131 Å². The number of hydrogen-bond acceptors (Lipinski definition) is 10. The standard InChI is InChI=1S/C62H72N4O8/c1-9-45-39(5)59-57-49-17-13-15-19-55(49)73-35-31-69-27-25-67-29-33-71-43-21-23-44(24-22-43)72-34-30-68-26-28-70-32-36-74-56-20-16-14-18-50(56)58(61-40(6)46(10-2)52(64-61)37-51(45)63-59)62-42(8)48(12-4)54(66-62)38-53-47(11-3)41(7)60(57)65-53/h13-24,37-38,63,66H,9-12,25-36H2,1-8H3. The molecular weight excluding hydrogens is 929 g/mol. The second kappa shape index (κ2) is 24.6. The van der Waals surface area contributed by atoms with Gasteiger partial charge < -0.3 is 47.9 Å². The smallest absolute Gasteiger partial charge is 0.127 e. The number of para-hydroxylation sites is 2. The quantitative estimate of drug-likeness (QED) is 0.176. The van der Waals surface area contributed by atoms with Crippen LogP contribution in [0.2, 0.25) is 0 Å². The number of benzene rings is 3. The van der Waals surface area contributed by atoms with E-state index in [1.165, 1.54) is 33.4 Å². The van der Waals surface area contributed by atoms with E-state index in [4.69, 9.17) is 47.9 Å². The van der Waals surface area contributed by atoms with Crippen molar-refractivity contribution in [2.45, 2.75) is 81.1 Å². The maximum absolute atomic E-state index is 6.65. The molecule has 12 nitrogen and oxygen atoms in total. The van der Waals surface area contributed by atoms with E-state index in [2.05, 4.69) is 102 Å². The number of hydrogen-bond donors (Lipinski definition) is 2. The summed E-state index contributed by atoms with van der Waals surface area (Å²) < 4.78 is 48.8. The first-order valence-electron chi connectivity index (χ1n) is 26.5. The molecular formula is C62H72N4O8. The lowest BCUT2D eigenvalue weighted by Crippen LogP contribution is -2.14. The summed E-state index contributed by atoms with van der Waals surface area (Å²) in [5, 5.41) is 0. The molecule has 0 aliphatic carbocycles. The van der Waals surface area contributed by atoms with Crippen molar-refractivity contribution in [1.82, 2.24) is 19.9 Å². The fraction of sp³-hybridized carbons (Fsp3) is 0.387. The van der Waals surface area contributed by atoms with E-state index in [0.29, 0.717) is 79.3 Å². The molecule has 0 spiro atoms. The molecule has 6 aliphatic rings. The molecule has 2 N–H and O–H groups in total. The second-order valence-electron chi connectivity index (χ2n) is 18.7. The number of rotatable bonds is 4. The number of H-pyrrole nitrogens is 2. The Labute approximate surface area is 436 Å². The number of aromatic nitrogens is 4. The Morgan fingerprint density at radius 1 is 0.419 bits per heavy atom. The van der Waals surface area contributed by atoms with Crippen LogP contribution in [0.15, 0.2) is 84.9 Å². The van der Waals surface area contributed by atoms with Crippen LogP contribution in [0.5, 0.6) is 23.0 Å². The van der Waals surface area contributed by atoms with Crippen LogP contribution in [-0.2, 0) is 31.8 Å².